The lowest BCUT2D eigenvalue weighted by atomic mass is 9.94. The minimum Gasteiger partial charge on any atom is -0.494 e. The molecule has 4 atom stereocenters. The third kappa shape index (κ3) is 14.4. The van der Waals surface area contributed by atoms with E-state index in [4.69, 9.17) is 18.9 Å². The summed E-state index contributed by atoms with van der Waals surface area (Å²) in [5.41, 5.74) is -0.406. The number of benzene rings is 3. The number of rotatable bonds is 20. The third-order valence-corrected chi connectivity index (χ3v) is 10.1. The van der Waals surface area contributed by atoms with E-state index < -0.39 is 65.0 Å². The molecule has 1 heterocycles. The number of ether oxygens (including phenoxy) is 4. The van der Waals surface area contributed by atoms with Crippen LogP contribution < -0.4 is 20.7 Å². The van der Waals surface area contributed by atoms with Crippen molar-refractivity contribution < 1.29 is 47.7 Å². The molecule has 0 bridgehead atoms. The van der Waals surface area contributed by atoms with Gasteiger partial charge < -0.3 is 39.8 Å². The molecule has 0 radical (unpaired) electrons. The zero-order valence-electron chi connectivity index (χ0n) is 35.6. The normalized spacial score (nSPS) is 15.7. The highest BCUT2D eigenvalue weighted by Gasteiger charge is 2.42. The lowest BCUT2D eigenvalue weighted by Gasteiger charge is -2.34. The highest BCUT2D eigenvalue weighted by atomic mass is 16.6. The van der Waals surface area contributed by atoms with Crippen molar-refractivity contribution in [3.63, 3.8) is 0 Å². The number of unbranched alkanes of at least 4 members (excludes halogenated alkanes) is 1. The van der Waals surface area contributed by atoms with Crippen molar-refractivity contribution in [2.75, 3.05) is 19.8 Å². The quantitative estimate of drug-likeness (QED) is 0.0690. The van der Waals surface area contributed by atoms with E-state index in [0.29, 0.717) is 50.1 Å². The van der Waals surface area contributed by atoms with Crippen molar-refractivity contribution in [3.8, 4) is 5.75 Å². The summed E-state index contributed by atoms with van der Waals surface area (Å²) >= 11 is 0. The molecule has 4 amide bonds. The molecule has 0 aromatic heterocycles. The zero-order chi connectivity index (χ0) is 43.7. The summed E-state index contributed by atoms with van der Waals surface area (Å²) in [6.07, 6.45) is 1.31. The van der Waals surface area contributed by atoms with Gasteiger partial charge in [-0.05, 0) is 109 Å². The van der Waals surface area contributed by atoms with Crippen molar-refractivity contribution in [2.24, 2.45) is 0 Å². The number of likely N-dealkylation sites (tertiary alicyclic amines) is 1. The van der Waals surface area contributed by atoms with Gasteiger partial charge in [0.25, 0.3) is 0 Å². The first-order valence-corrected chi connectivity index (χ1v) is 20.7. The van der Waals surface area contributed by atoms with E-state index in [1.54, 1.807) is 77.1 Å². The Labute approximate surface area is 353 Å². The molecule has 14 heteroatoms. The summed E-state index contributed by atoms with van der Waals surface area (Å²) in [6, 6.07) is 22.0. The number of amides is 4. The van der Waals surface area contributed by atoms with Gasteiger partial charge in [-0.1, -0.05) is 67.6 Å². The van der Waals surface area contributed by atoms with Gasteiger partial charge in [0.15, 0.2) is 0 Å². The number of nitrogens with one attached hydrogen (secondary N) is 3. The number of carbonyl (C=O) groups is 6. The topological polar surface area (TPSA) is 179 Å². The Hall–Kier alpha value is -5.92. The maximum atomic E-state index is 14.4. The van der Waals surface area contributed by atoms with Crippen LogP contribution >= 0.6 is 0 Å². The van der Waals surface area contributed by atoms with Crippen LogP contribution in [0.25, 0.3) is 0 Å². The Bertz CT molecular complexity index is 1880. The first-order chi connectivity index (χ1) is 28.6. The lowest BCUT2D eigenvalue weighted by Crippen LogP contribution is -2.63. The van der Waals surface area contributed by atoms with E-state index in [1.807, 2.05) is 49.4 Å². The predicted molar refractivity (Wildman–Crippen MR) is 225 cm³/mol. The van der Waals surface area contributed by atoms with Crippen LogP contribution in [0.1, 0.15) is 102 Å². The summed E-state index contributed by atoms with van der Waals surface area (Å²) in [6.45, 7) is 11.2. The van der Waals surface area contributed by atoms with E-state index in [-0.39, 0.29) is 32.5 Å². The van der Waals surface area contributed by atoms with Crippen molar-refractivity contribution in [2.45, 2.75) is 122 Å². The van der Waals surface area contributed by atoms with Crippen LogP contribution in [0.15, 0.2) is 84.9 Å². The van der Waals surface area contributed by atoms with Gasteiger partial charge >= 0.3 is 18.0 Å². The maximum absolute atomic E-state index is 14.4. The number of hydrogen-bond donors (Lipinski definition) is 3. The van der Waals surface area contributed by atoms with Crippen molar-refractivity contribution in [3.05, 3.63) is 102 Å². The molecule has 0 spiro atoms. The molecule has 3 N–H and O–H groups in total. The molecule has 1 saturated heterocycles. The molecule has 324 valence electrons. The molecule has 1 fully saturated rings. The van der Waals surface area contributed by atoms with Gasteiger partial charge in [0.1, 0.15) is 41.6 Å². The fourth-order valence-electron chi connectivity index (χ4n) is 6.60. The number of nitrogens with zero attached hydrogens (tertiary/aromatic N) is 1. The summed E-state index contributed by atoms with van der Waals surface area (Å²) in [7, 11) is 0. The van der Waals surface area contributed by atoms with E-state index >= 15 is 0 Å². The minimum absolute atomic E-state index is 0.0601. The highest BCUT2D eigenvalue weighted by molar-refractivity contribution is 5.97. The molecule has 60 heavy (non-hydrogen) atoms. The monoisotopic (exact) mass is 828 g/mol. The van der Waals surface area contributed by atoms with Crippen LogP contribution in [0, 0.1) is 0 Å². The summed E-state index contributed by atoms with van der Waals surface area (Å²) in [5, 5.41) is 8.37. The van der Waals surface area contributed by atoms with E-state index in [0.717, 1.165) is 11.1 Å². The van der Waals surface area contributed by atoms with Gasteiger partial charge in [0.2, 0.25) is 17.7 Å². The van der Waals surface area contributed by atoms with Crippen molar-refractivity contribution in [1.29, 1.82) is 0 Å². The molecular weight excluding hydrogens is 769 g/mol. The van der Waals surface area contributed by atoms with Gasteiger partial charge in [0, 0.05) is 13.0 Å². The smallest absolute Gasteiger partial charge is 0.408 e. The van der Waals surface area contributed by atoms with Crippen LogP contribution in [0.2, 0.25) is 0 Å². The molecule has 1 aliphatic heterocycles. The first kappa shape index (κ1) is 46.8. The number of hydrogen-bond acceptors (Lipinski definition) is 10. The Morgan fingerprint density at radius 1 is 0.783 bits per heavy atom. The maximum Gasteiger partial charge on any atom is 0.408 e. The third-order valence-electron chi connectivity index (χ3n) is 10.1. The Morgan fingerprint density at radius 3 is 2.08 bits per heavy atom. The van der Waals surface area contributed by atoms with E-state index in [2.05, 4.69) is 16.0 Å². The predicted octanol–water partition coefficient (Wildman–Crippen LogP) is 6.05. The second-order valence-electron chi connectivity index (χ2n) is 16.0. The second kappa shape index (κ2) is 22.5. The van der Waals surface area contributed by atoms with Gasteiger partial charge in [-0.3, -0.25) is 14.4 Å². The average Bonchev–Trinajstić information content (AvgIpc) is 3.73. The Kier molecular flexibility index (Phi) is 17.5. The average molecular weight is 829 g/mol. The highest BCUT2D eigenvalue weighted by Crippen LogP contribution is 2.23. The van der Waals surface area contributed by atoms with Crippen molar-refractivity contribution >= 4 is 35.8 Å². The molecule has 3 aromatic carbocycles. The van der Waals surface area contributed by atoms with E-state index in [9.17, 15) is 28.8 Å². The zero-order valence-corrected chi connectivity index (χ0v) is 35.6. The second-order valence-corrected chi connectivity index (χ2v) is 16.0. The fourth-order valence-corrected chi connectivity index (χ4v) is 6.60. The fraction of sp³-hybridized carbons (Fsp3) is 0.478. The van der Waals surface area contributed by atoms with Crippen LogP contribution in [0.4, 0.5) is 4.79 Å². The number of esters is 2. The van der Waals surface area contributed by atoms with Crippen LogP contribution in [-0.2, 0) is 46.4 Å². The van der Waals surface area contributed by atoms with Gasteiger partial charge in [-0.15, -0.1) is 0 Å². The SMILES string of the molecule is CCOc1ccc(C[C@H](NC(=O)[C@](C)(CC)NC(=O)[C@H](CCCCOC(=O)c2ccccc2)NC(=O)OC(C)(C)C)C(=O)N2CCC[C@@H]2C(=O)OCc2ccccc2)cc1. The first-order valence-electron chi connectivity index (χ1n) is 20.7. The summed E-state index contributed by atoms with van der Waals surface area (Å²) in [4.78, 5) is 82.8. The molecule has 4 rings (SSSR count). The molecular formula is C46H60N4O10. The molecule has 3 aromatic rings. The minimum atomic E-state index is -1.54. The Morgan fingerprint density at radius 2 is 1.45 bits per heavy atom. The molecule has 0 aliphatic carbocycles. The summed E-state index contributed by atoms with van der Waals surface area (Å²) < 4.78 is 22.0. The Balaban J connectivity index is 1.49. The van der Waals surface area contributed by atoms with Gasteiger partial charge in [-0.2, -0.15) is 0 Å². The van der Waals surface area contributed by atoms with Gasteiger partial charge in [-0.25, -0.2) is 14.4 Å². The van der Waals surface area contributed by atoms with Crippen LogP contribution in [-0.4, -0.2) is 89.7 Å². The largest absolute Gasteiger partial charge is 0.494 e. The molecule has 1 aliphatic rings. The molecule has 14 nitrogen and oxygen atoms in total. The number of alkyl carbamates (subject to hydrolysis) is 1. The number of carbonyl (C=O) groups excluding carboxylic acids is 6. The lowest BCUT2D eigenvalue weighted by molar-refractivity contribution is -0.155. The molecule has 0 saturated carbocycles. The summed E-state index contributed by atoms with van der Waals surface area (Å²) in [5.74, 6) is -2.08. The van der Waals surface area contributed by atoms with E-state index in [1.165, 1.54) is 4.90 Å². The van der Waals surface area contributed by atoms with Crippen LogP contribution in [0.3, 0.4) is 0 Å². The standard InChI is InChI=1S/C46H60N4O10/c1-7-46(6,49-39(51)36(48-44(56)60-45(3,4)5)22-15-16-29-58-41(53)34-20-13-10-14-21-34)43(55)47-37(30-32-24-26-35(27-25-32)57-8-2)40(52)50-28-17-23-38(50)42(54)59-31-33-18-11-9-12-19-33/h9-14,18-21,24-27,36-38H,7-8,15-17,22-23,28-31H2,1-6H3,(H,47,55)(H,48,56)(H,49,51)/t36-,37-,38+,46-/m0/s1. The molecule has 0 unspecified atom stereocenters. The van der Waals surface area contributed by atoms with Crippen molar-refractivity contribution in [1.82, 2.24) is 20.9 Å². The van der Waals surface area contributed by atoms with Crippen LogP contribution in [0.5, 0.6) is 5.75 Å². The van der Waals surface area contributed by atoms with Gasteiger partial charge in [0.05, 0.1) is 18.8 Å².